The van der Waals surface area contributed by atoms with Crippen LogP contribution in [-0.2, 0) is 13.0 Å². The van der Waals surface area contributed by atoms with E-state index in [1.807, 2.05) is 54.6 Å². The molecule has 0 fully saturated rings. The summed E-state index contributed by atoms with van der Waals surface area (Å²) in [6.45, 7) is 1.30. The van der Waals surface area contributed by atoms with E-state index in [0.29, 0.717) is 6.54 Å². The number of halogens is 1. The highest BCUT2D eigenvalue weighted by Gasteiger charge is 2.07. The second-order valence-electron chi connectivity index (χ2n) is 5.47. The molecular formula is C19H22IN5O. The van der Waals surface area contributed by atoms with E-state index in [2.05, 4.69) is 25.8 Å². The van der Waals surface area contributed by atoms with Crippen LogP contribution in [0.4, 0.5) is 0 Å². The van der Waals surface area contributed by atoms with Crippen LogP contribution in [0, 0.1) is 0 Å². The topological polar surface area (TPSA) is 75.3 Å². The van der Waals surface area contributed by atoms with Crippen molar-refractivity contribution in [3.8, 4) is 11.3 Å². The number of guanidine groups is 1. The first-order chi connectivity index (χ1) is 12.3. The van der Waals surface area contributed by atoms with Crippen LogP contribution in [0.25, 0.3) is 11.3 Å². The number of rotatable bonds is 6. The van der Waals surface area contributed by atoms with Crippen molar-refractivity contribution in [2.75, 3.05) is 13.6 Å². The lowest BCUT2D eigenvalue weighted by Crippen LogP contribution is -2.38. The van der Waals surface area contributed by atoms with Gasteiger partial charge in [0.05, 0.1) is 6.54 Å². The van der Waals surface area contributed by atoms with Crippen molar-refractivity contribution < 1.29 is 4.52 Å². The molecule has 7 heteroatoms. The minimum Gasteiger partial charge on any atom is -0.356 e. The average Bonchev–Trinajstić information content (AvgIpc) is 3.15. The highest BCUT2D eigenvalue weighted by molar-refractivity contribution is 14.0. The molecule has 3 rings (SSSR count). The van der Waals surface area contributed by atoms with Crippen molar-refractivity contribution in [2.24, 2.45) is 4.99 Å². The van der Waals surface area contributed by atoms with Gasteiger partial charge in [-0.2, -0.15) is 0 Å². The summed E-state index contributed by atoms with van der Waals surface area (Å²) in [5.41, 5.74) is 2.89. The second kappa shape index (κ2) is 10.5. The van der Waals surface area contributed by atoms with Crippen molar-refractivity contribution in [1.82, 2.24) is 20.8 Å². The van der Waals surface area contributed by atoms with Crippen LogP contribution in [0.2, 0.25) is 0 Å². The van der Waals surface area contributed by atoms with E-state index in [1.54, 1.807) is 13.2 Å². The van der Waals surface area contributed by atoms with Crippen molar-refractivity contribution in [3.05, 3.63) is 72.2 Å². The van der Waals surface area contributed by atoms with Crippen LogP contribution in [0.1, 0.15) is 11.4 Å². The Morgan fingerprint density at radius 3 is 2.58 bits per heavy atom. The zero-order valence-electron chi connectivity index (χ0n) is 14.6. The zero-order chi connectivity index (χ0) is 17.3. The Balaban J connectivity index is 0.00000243. The molecule has 3 aromatic rings. The molecule has 0 amide bonds. The molecule has 2 aromatic heterocycles. The maximum Gasteiger partial charge on any atom is 0.191 e. The van der Waals surface area contributed by atoms with Gasteiger partial charge in [0.1, 0.15) is 5.69 Å². The molecule has 0 aliphatic carbocycles. The number of benzene rings is 1. The summed E-state index contributed by atoms with van der Waals surface area (Å²) < 4.78 is 5.40. The Bertz CT molecular complexity index is 805. The molecule has 136 valence electrons. The van der Waals surface area contributed by atoms with E-state index in [4.69, 9.17) is 4.52 Å². The van der Waals surface area contributed by atoms with Gasteiger partial charge in [0.25, 0.3) is 0 Å². The highest BCUT2D eigenvalue weighted by atomic mass is 127. The van der Waals surface area contributed by atoms with Crippen LogP contribution in [0.5, 0.6) is 0 Å². The molecule has 0 aliphatic rings. The third-order valence-electron chi connectivity index (χ3n) is 3.68. The van der Waals surface area contributed by atoms with Crippen molar-refractivity contribution in [1.29, 1.82) is 0 Å². The molecule has 0 radical (unpaired) electrons. The summed E-state index contributed by atoms with van der Waals surface area (Å²) in [7, 11) is 1.74. The molecule has 0 atom stereocenters. The number of nitrogens with one attached hydrogen (secondary N) is 2. The summed E-state index contributed by atoms with van der Waals surface area (Å²) in [6, 6.07) is 17.8. The molecule has 6 nitrogen and oxygen atoms in total. The number of pyridine rings is 1. The van der Waals surface area contributed by atoms with Gasteiger partial charge < -0.3 is 15.2 Å². The smallest absolute Gasteiger partial charge is 0.191 e. The fourth-order valence-corrected chi connectivity index (χ4v) is 2.38. The molecule has 0 saturated heterocycles. The van der Waals surface area contributed by atoms with E-state index < -0.39 is 0 Å². The molecule has 2 heterocycles. The quantitative estimate of drug-likeness (QED) is 0.334. The first-order valence-corrected chi connectivity index (χ1v) is 8.20. The molecule has 0 spiro atoms. The Morgan fingerprint density at radius 2 is 1.85 bits per heavy atom. The van der Waals surface area contributed by atoms with Crippen LogP contribution < -0.4 is 10.6 Å². The third-order valence-corrected chi connectivity index (χ3v) is 3.68. The zero-order valence-corrected chi connectivity index (χ0v) is 16.9. The van der Waals surface area contributed by atoms with Gasteiger partial charge in [-0.25, -0.2) is 0 Å². The van der Waals surface area contributed by atoms with Crippen LogP contribution >= 0.6 is 24.0 Å². The lowest BCUT2D eigenvalue weighted by atomic mass is 10.2. The maximum absolute atomic E-state index is 5.40. The van der Waals surface area contributed by atoms with E-state index in [1.165, 1.54) is 0 Å². The lowest BCUT2D eigenvalue weighted by Gasteiger charge is -2.10. The average molecular weight is 463 g/mol. The Labute approximate surface area is 170 Å². The predicted molar refractivity (Wildman–Crippen MR) is 113 cm³/mol. The normalized spacial score (nSPS) is 10.9. The van der Waals surface area contributed by atoms with Gasteiger partial charge in [0.2, 0.25) is 0 Å². The Kier molecular flexibility index (Phi) is 8.07. The van der Waals surface area contributed by atoms with Gasteiger partial charge in [0.15, 0.2) is 11.7 Å². The SMILES string of the molecule is CN=C(NCCc1ccccn1)NCc1cc(-c2ccccc2)on1.I. The first kappa shape index (κ1) is 19.9. The van der Waals surface area contributed by atoms with E-state index in [-0.39, 0.29) is 24.0 Å². The van der Waals surface area contributed by atoms with Crippen LogP contribution in [-0.4, -0.2) is 29.7 Å². The molecule has 26 heavy (non-hydrogen) atoms. The summed E-state index contributed by atoms with van der Waals surface area (Å²) in [5, 5.41) is 10.6. The van der Waals surface area contributed by atoms with Crippen LogP contribution in [0.3, 0.4) is 0 Å². The number of aliphatic imine (C=N–C) groups is 1. The molecule has 0 aliphatic heterocycles. The molecule has 1 aromatic carbocycles. The predicted octanol–water partition coefficient (Wildman–Crippen LogP) is 3.26. The van der Waals surface area contributed by atoms with Crippen molar-refractivity contribution in [3.63, 3.8) is 0 Å². The third kappa shape index (κ3) is 5.83. The Hall–Kier alpha value is -2.42. The minimum atomic E-state index is 0. The monoisotopic (exact) mass is 463 g/mol. The highest BCUT2D eigenvalue weighted by Crippen LogP contribution is 2.19. The van der Waals surface area contributed by atoms with Gasteiger partial charge >= 0.3 is 0 Å². The second-order valence-corrected chi connectivity index (χ2v) is 5.47. The Morgan fingerprint density at radius 1 is 1.04 bits per heavy atom. The fraction of sp³-hybridized carbons (Fsp3) is 0.211. The molecule has 2 N–H and O–H groups in total. The number of aromatic nitrogens is 2. The summed E-state index contributed by atoms with van der Waals surface area (Å²) >= 11 is 0. The number of nitrogens with zero attached hydrogens (tertiary/aromatic N) is 3. The van der Waals surface area contributed by atoms with Gasteiger partial charge in [-0.05, 0) is 12.1 Å². The number of hydrogen-bond acceptors (Lipinski definition) is 4. The first-order valence-electron chi connectivity index (χ1n) is 8.20. The molecule has 0 bridgehead atoms. The lowest BCUT2D eigenvalue weighted by molar-refractivity contribution is 0.422. The van der Waals surface area contributed by atoms with Gasteiger partial charge in [0, 0.05) is 43.5 Å². The molecule has 0 unspecified atom stereocenters. The maximum atomic E-state index is 5.40. The van der Waals surface area contributed by atoms with Crippen molar-refractivity contribution >= 4 is 29.9 Å². The standard InChI is InChI=1S/C19H21N5O.HI/c1-20-19(22-12-10-16-9-5-6-11-21-16)23-14-17-13-18(25-24-17)15-7-3-2-4-8-15;/h2-9,11,13H,10,12,14H2,1H3,(H2,20,22,23);1H. The summed E-state index contributed by atoms with van der Waals surface area (Å²) in [5.74, 6) is 1.48. The van der Waals surface area contributed by atoms with Crippen molar-refractivity contribution in [2.45, 2.75) is 13.0 Å². The number of hydrogen-bond donors (Lipinski definition) is 2. The largest absolute Gasteiger partial charge is 0.356 e. The van der Waals surface area contributed by atoms with E-state index >= 15 is 0 Å². The summed E-state index contributed by atoms with van der Waals surface area (Å²) in [4.78, 5) is 8.52. The molecular weight excluding hydrogens is 441 g/mol. The van der Waals surface area contributed by atoms with Gasteiger partial charge in [-0.3, -0.25) is 9.98 Å². The van der Waals surface area contributed by atoms with Gasteiger partial charge in [-0.15, -0.1) is 24.0 Å². The van der Waals surface area contributed by atoms with Crippen LogP contribution in [0.15, 0.2) is 70.3 Å². The summed E-state index contributed by atoms with van der Waals surface area (Å²) in [6.07, 6.45) is 2.64. The fourth-order valence-electron chi connectivity index (χ4n) is 2.38. The molecule has 0 saturated carbocycles. The van der Waals surface area contributed by atoms with E-state index in [0.717, 1.165) is 41.6 Å². The van der Waals surface area contributed by atoms with Gasteiger partial charge in [-0.1, -0.05) is 41.6 Å². The van der Waals surface area contributed by atoms with E-state index in [9.17, 15) is 0 Å². The minimum absolute atomic E-state index is 0.